The van der Waals surface area contributed by atoms with Crippen molar-refractivity contribution >= 4 is 41.3 Å². The van der Waals surface area contributed by atoms with Gasteiger partial charge in [0, 0.05) is 25.0 Å². The number of nitrogens with zero attached hydrogens (tertiary/aromatic N) is 5. The molecule has 2 aromatic carbocycles. The summed E-state index contributed by atoms with van der Waals surface area (Å²) < 4.78 is 7.64. The van der Waals surface area contributed by atoms with E-state index in [9.17, 15) is 4.79 Å². The first-order valence-corrected chi connectivity index (χ1v) is 12.7. The first-order chi connectivity index (χ1) is 18.0. The molecule has 1 aromatic heterocycles. The van der Waals surface area contributed by atoms with Gasteiger partial charge in [-0.05, 0) is 62.6 Å². The molecule has 190 valence electrons. The van der Waals surface area contributed by atoms with Crippen molar-refractivity contribution in [1.82, 2.24) is 14.8 Å². The van der Waals surface area contributed by atoms with E-state index in [4.69, 9.17) is 16.3 Å². The van der Waals surface area contributed by atoms with Crippen LogP contribution in [0.15, 0.2) is 85.9 Å². The van der Waals surface area contributed by atoms with Crippen LogP contribution in [0.2, 0.25) is 5.02 Å². The average molecular weight is 517 g/mol. The largest absolute Gasteiger partial charge is 0.360 e. The number of nitrogens with one attached hydrogen (secondary N) is 1. The highest BCUT2D eigenvalue weighted by atomic mass is 35.5. The first-order valence-electron chi connectivity index (χ1n) is 12.3. The molecule has 0 bridgehead atoms. The quantitative estimate of drug-likeness (QED) is 0.464. The molecule has 0 saturated carbocycles. The lowest BCUT2D eigenvalue weighted by Crippen LogP contribution is -2.41. The number of aromatic nitrogens is 1. The van der Waals surface area contributed by atoms with Crippen molar-refractivity contribution in [2.45, 2.75) is 38.5 Å². The fourth-order valence-corrected chi connectivity index (χ4v) is 5.13. The van der Waals surface area contributed by atoms with E-state index < -0.39 is 0 Å². The third kappa shape index (κ3) is 4.70. The van der Waals surface area contributed by atoms with Gasteiger partial charge >= 0.3 is 0 Å². The van der Waals surface area contributed by atoms with Gasteiger partial charge in [-0.15, -0.1) is 0 Å². The second-order valence-corrected chi connectivity index (χ2v) is 9.40. The van der Waals surface area contributed by atoms with Crippen LogP contribution in [0.4, 0.5) is 0 Å². The van der Waals surface area contributed by atoms with Gasteiger partial charge in [0.15, 0.2) is 11.7 Å². The van der Waals surface area contributed by atoms with Crippen molar-refractivity contribution < 1.29 is 4.74 Å². The molecule has 2 aliphatic rings. The molecule has 37 heavy (non-hydrogen) atoms. The molecule has 1 unspecified atom stereocenters. The smallest absolute Gasteiger partial charge is 0.264 e. The van der Waals surface area contributed by atoms with E-state index in [1.165, 1.54) is 0 Å². The molecule has 1 N–H and O–H groups in total. The third-order valence-electron chi connectivity index (χ3n) is 6.66. The van der Waals surface area contributed by atoms with Crippen LogP contribution >= 0.6 is 11.6 Å². The normalized spacial score (nSPS) is 20.9. The lowest BCUT2D eigenvalue weighted by atomic mass is 10.1. The number of fused-ring (bicyclic) bond motifs is 1. The number of rotatable bonds is 6. The van der Waals surface area contributed by atoms with Gasteiger partial charge in [0.05, 0.1) is 22.8 Å². The number of ether oxygens (including phenoxy) is 1. The molecular formula is C28H29ClN6O2. The Labute approximate surface area is 220 Å². The number of hydrogen-bond acceptors (Lipinski definition) is 6. The second-order valence-electron chi connectivity index (χ2n) is 8.99. The van der Waals surface area contributed by atoms with Gasteiger partial charge in [0.1, 0.15) is 11.9 Å². The molecular weight excluding hydrogens is 488 g/mol. The maximum atomic E-state index is 13.7. The van der Waals surface area contributed by atoms with E-state index >= 15 is 0 Å². The zero-order valence-electron chi connectivity index (χ0n) is 20.9. The molecule has 3 heterocycles. The van der Waals surface area contributed by atoms with Crippen LogP contribution in [0.5, 0.6) is 0 Å². The summed E-state index contributed by atoms with van der Waals surface area (Å²) in [4.78, 5) is 29.0. The van der Waals surface area contributed by atoms with E-state index in [2.05, 4.69) is 27.0 Å². The van der Waals surface area contributed by atoms with E-state index in [0.29, 0.717) is 27.8 Å². The number of hydrogen-bond donors (Lipinski definition) is 1. The minimum absolute atomic E-state index is 0.106. The molecule has 0 spiro atoms. The van der Waals surface area contributed by atoms with Crippen molar-refractivity contribution in [1.29, 1.82) is 0 Å². The lowest BCUT2D eigenvalue weighted by Gasteiger charge is -2.30. The van der Waals surface area contributed by atoms with Crippen LogP contribution in [0.25, 0.3) is 16.5 Å². The summed E-state index contributed by atoms with van der Waals surface area (Å²) in [5.74, 6) is 1.14. The zero-order chi connectivity index (χ0) is 25.9. The molecule has 0 aliphatic carbocycles. The molecule has 5 rings (SSSR count). The van der Waals surface area contributed by atoms with Crippen LogP contribution in [0.3, 0.4) is 0 Å². The summed E-state index contributed by atoms with van der Waals surface area (Å²) in [6.07, 6.45) is 4.69. The molecule has 1 fully saturated rings. The summed E-state index contributed by atoms with van der Waals surface area (Å²) >= 11 is 6.45. The van der Waals surface area contributed by atoms with E-state index in [1.54, 1.807) is 24.0 Å². The Balaban J connectivity index is 1.56. The highest BCUT2D eigenvalue weighted by Gasteiger charge is 2.31. The van der Waals surface area contributed by atoms with Crippen molar-refractivity contribution in [3.05, 3.63) is 87.2 Å². The van der Waals surface area contributed by atoms with Gasteiger partial charge in [-0.25, -0.2) is 9.98 Å². The van der Waals surface area contributed by atoms with Crippen LogP contribution in [-0.2, 0) is 4.74 Å². The van der Waals surface area contributed by atoms with Gasteiger partial charge in [0.25, 0.3) is 5.56 Å². The Kier molecular flexibility index (Phi) is 7.21. The molecule has 2 aliphatic heterocycles. The molecule has 8 nitrogen and oxygen atoms in total. The van der Waals surface area contributed by atoms with Crippen molar-refractivity contribution in [2.24, 2.45) is 15.0 Å². The standard InChI is InChI=1S/C28H29ClN6O2/c1-18(33-26(30-2)25-27(31-3)34(17-32-25)23-14-7-8-15-37-23)22-16-19-10-9-13-21(29)24(19)28(36)35(22)20-11-5-4-6-12-20/h4-6,9-13,16-18,23,33H,2,7-8,14-15H2,1,3H3/b26-25-,31-27+/t18-,23?/m0/s1. The van der Waals surface area contributed by atoms with Crippen LogP contribution in [-0.4, -0.2) is 48.2 Å². The Morgan fingerprint density at radius 3 is 2.73 bits per heavy atom. The van der Waals surface area contributed by atoms with E-state index in [-0.39, 0.29) is 17.8 Å². The predicted molar refractivity (Wildman–Crippen MR) is 150 cm³/mol. The number of halogens is 1. The van der Waals surface area contributed by atoms with Gasteiger partial charge in [0.2, 0.25) is 0 Å². The summed E-state index contributed by atoms with van der Waals surface area (Å²) in [6, 6.07) is 16.6. The zero-order valence-corrected chi connectivity index (χ0v) is 21.7. The summed E-state index contributed by atoms with van der Waals surface area (Å²) in [6.45, 7) is 6.47. The number of benzene rings is 2. The van der Waals surface area contributed by atoms with Crippen LogP contribution < -0.4 is 10.9 Å². The predicted octanol–water partition coefficient (Wildman–Crippen LogP) is 5.06. The monoisotopic (exact) mass is 516 g/mol. The van der Waals surface area contributed by atoms with Gasteiger partial charge in [-0.1, -0.05) is 41.9 Å². The minimum atomic E-state index is -0.336. The Hall–Kier alpha value is -3.75. The molecule has 0 radical (unpaired) electrons. The number of para-hydroxylation sites is 1. The van der Waals surface area contributed by atoms with Gasteiger partial charge in [-0.3, -0.25) is 19.3 Å². The van der Waals surface area contributed by atoms with Gasteiger partial charge in [-0.2, -0.15) is 0 Å². The highest BCUT2D eigenvalue weighted by Crippen LogP contribution is 2.28. The summed E-state index contributed by atoms with van der Waals surface area (Å²) in [7, 11) is 1.73. The summed E-state index contributed by atoms with van der Waals surface area (Å²) in [5.41, 5.74) is 1.89. The van der Waals surface area contributed by atoms with Crippen LogP contribution in [0.1, 0.15) is 37.9 Å². The summed E-state index contributed by atoms with van der Waals surface area (Å²) in [5, 5.41) is 5.09. The minimum Gasteiger partial charge on any atom is -0.360 e. The first kappa shape index (κ1) is 24.9. The maximum absolute atomic E-state index is 13.7. The van der Waals surface area contributed by atoms with E-state index in [0.717, 1.165) is 42.6 Å². The van der Waals surface area contributed by atoms with Crippen molar-refractivity contribution in [3.8, 4) is 5.69 Å². The van der Waals surface area contributed by atoms with Crippen molar-refractivity contribution in [2.75, 3.05) is 13.7 Å². The van der Waals surface area contributed by atoms with Gasteiger partial charge < -0.3 is 10.1 Å². The number of aliphatic imine (C=N–C) groups is 3. The number of pyridine rings is 1. The van der Waals surface area contributed by atoms with Crippen LogP contribution in [0, 0.1) is 0 Å². The SMILES string of the molecule is C=N/C(N[C@@H](C)c1cc2cccc(Cl)c2c(=O)n1-c1ccccc1)=C1/N=CN(C2CCCCO2)/C1=N/C. The Bertz CT molecular complexity index is 1470. The molecule has 9 heteroatoms. The fourth-order valence-electron chi connectivity index (χ4n) is 4.87. The second kappa shape index (κ2) is 10.7. The third-order valence-corrected chi connectivity index (χ3v) is 6.98. The molecule has 3 aromatic rings. The maximum Gasteiger partial charge on any atom is 0.264 e. The Morgan fingerprint density at radius 1 is 1.22 bits per heavy atom. The number of amidine groups is 1. The van der Waals surface area contributed by atoms with Crippen molar-refractivity contribution in [3.63, 3.8) is 0 Å². The Morgan fingerprint density at radius 2 is 2.03 bits per heavy atom. The molecule has 2 atom stereocenters. The highest BCUT2D eigenvalue weighted by molar-refractivity contribution is 6.35. The topological polar surface area (TPSA) is 83.6 Å². The molecule has 1 saturated heterocycles. The molecule has 0 amide bonds. The fraction of sp³-hybridized carbons (Fsp3) is 0.286. The average Bonchev–Trinajstić information content (AvgIpc) is 3.36. The lowest BCUT2D eigenvalue weighted by molar-refractivity contribution is -0.0301. The van der Waals surface area contributed by atoms with E-state index in [1.807, 2.05) is 60.4 Å².